The van der Waals surface area contributed by atoms with E-state index < -0.39 is 0 Å². The van der Waals surface area contributed by atoms with Crippen LogP contribution in [0, 0.1) is 11.8 Å². The van der Waals surface area contributed by atoms with E-state index >= 15 is 0 Å². The smallest absolute Gasteiger partial charge is 0.220 e. The van der Waals surface area contributed by atoms with Crippen LogP contribution in [-0.2, 0) is 4.79 Å². The number of carbonyl (C=O) groups excluding carboxylic acids is 1. The SMILES string of the molecule is CC(C)CC(=O)N[C@H](C)C(C)C. The number of rotatable bonds is 4. The first kappa shape index (κ1) is 11.5. The van der Waals surface area contributed by atoms with E-state index in [1.807, 2.05) is 6.92 Å². The average Bonchev–Trinajstić information content (AvgIpc) is 1.84. The Balaban J connectivity index is 3.69. The molecule has 2 heteroatoms. The highest BCUT2D eigenvalue weighted by Gasteiger charge is 2.11. The summed E-state index contributed by atoms with van der Waals surface area (Å²) in [6.45, 7) is 10.4. The molecule has 0 fully saturated rings. The summed E-state index contributed by atoms with van der Waals surface area (Å²) in [4.78, 5) is 11.3. The predicted molar refractivity (Wildman–Crippen MR) is 51.9 cm³/mol. The summed E-state index contributed by atoms with van der Waals surface area (Å²) >= 11 is 0. The second-order valence-electron chi connectivity index (χ2n) is 4.20. The van der Waals surface area contributed by atoms with E-state index in [0.29, 0.717) is 18.3 Å². The molecule has 72 valence electrons. The zero-order valence-corrected chi connectivity index (χ0v) is 8.85. The van der Waals surface area contributed by atoms with Gasteiger partial charge in [-0.1, -0.05) is 27.7 Å². The molecule has 2 nitrogen and oxygen atoms in total. The largest absolute Gasteiger partial charge is 0.353 e. The molecular formula is C10H21NO. The van der Waals surface area contributed by atoms with Crippen molar-refractivity contribution in [3.8, 4) is 0 Å². The van der Waals surface area contributed by atoms with Gasteiger partial charge < -0.3 is 5.32 Å². The quantitative estimate of drug-likeness (QED) is 0.690. The topological polar surface area (TPSA) is 29.1 Å². The van der Waals surface area contributed by atoms with Crippen molar-refractivity contribution in [2.24, 2.45) is 11.8 Å². The Morgan fingerprint density at radius 3 is 2.00 bits per heavy atom. The van der Waals surface area contributed by atoms with Crippen LogP contribution in [0.25, 0.3) is 0 Å². The van der Waals surface area contributed by atoms with E-state index in [1.165, 1.54) is 0 Å². The lowest BCUT2D eigenvalue weighted by Gasteiger charge is -2.17. The maximum absolute atomic E-state index is 11.3. The second kappa shape index (κ2) is 5.18. The fraction of sp³-hybridized carbons (Fsp3) is 0.900. The lowest BCUT2D eigenvalue weighted by molar-refractivity contribution is -0.122. The Morgan fingerprint density at radius 1 is 1.17 bits per heavy atom. The minimum absolute atomic E-state index is 0.172. The summed E-state index contributed by atoms with van der Waals surface area (Å²) in [5.41, 5.74) is 0. The van der Waals surface area contributed by atoms with Gasteiger partial charge in [-0.3, -0.25) is 4.79 Å². The van der Waals surface area contributed by atoms with Gasteiger partial charge in [0, 0.05) is 12.5 Å². The summed E-state index contributed by atoms with van der Waals surface area (Å²) in [6, 6.07) is 0.288. The van der Waals surface area contributed by atoms with Crippen LogP contribution in [0.3, 0.4) is 0 Å². The van der Waals surface area contributed by atoms with Crippen molar-refractivity contribution < 1.29 is 4.79 Å². The van der Waals surface area contributed by atoms with Crippen molar-refractivity contribution in [2.75, 3.05) is 0 Å². The summed E-state index contributed by atoms with van der Waals surface area (Å²) in [7, 11) is 0. The third kappa shape index (κ3) is 5.16. The van der Waals surface area contributed by atoms with Gasteiger partial charge >= 0.3 is 0 Å². The van der Waals surface area contributed by atoms with Gasteiger partial charge in [0.15, 0.2) is 0 Å². The Bertz CT molecular complexity index is 141. The van der Waals surface area contributed by atoms with Gasteiger partial charge in [-0.05, 0) is 18.8 Å². The Hall–Kier alpha value is -0.530. The molecule has 0 unspecified atom stereocenters. The summed E-state index contributed by atoms with van der Waals surface area (Å²) in [6.07, 6.45) is 0.636. The maximum atomic E-state index is 11.3. The van der Waals surface area contributed by atoms with Crippen molar-refractivity contribution in [1.29, 1.82) is 0 Å². The van der Waals surface area contributed by atoms with E-state index in [9.17, 15) is 4.79 Å². The number of hydrogen-bond donors (Lipinski definition) is 1. The van der Waals surface area contributed by atoms with E-state index in [0.717, 1.165) is 0 Å². The van der Waals surface area contributed by atoms with Crippen molar-refractivity contribution in [3.63, 3.8) is 0 Å². The minimum atomic E-state index is 0.172. The van der Waals surface area contributed by atoms with E-state index in [-0.39, 0.29) is 11.9 Å². The first-order valence-electron chi connectivity index (χ1n) is 4.72. The van der Waals surface area contributed by atoms with Gasteiger partial charge in [-0.15, -0.1) is 0 Å². The van der Waals surface area contributed by atoms with Crippen LogP contribution in [0.5, 0.6) is 0 Å². The zero-order chi connectivity index (χ0) is 9.72. The van der Waals surface area contributed by atoms with Crippen LogP contribution in [0.4, 0.5) is 0 Å². The van der Waals surface area contributed by atoms with Crippen molar-refractivity contribution >= 4 is 5.91 Å². The third-order valence-electron chi connectivity index (χ3n) is 1.98. The Labute approximate surface area is 75.7 Å². The first-order valence-corrected chi connectivity index (χ1v) is 4.72. The fourth-order valence-electron chi connectivity index (χ4n) is 0.850. The van der Waals surface area contributed by atoms with E-state index in [2.05, 4.69) is 33.0 Å². The lowest BCUT2D eigenvalue weighted by atomic mass is 10.1. The number of nitrogens with one attached hydrogen (secondary N) is 1. The average molecular weight is 171 g/mol. The molecule has 1 amide bonds. The van der Waals surface area contributed by atoms with Gasteiger partial charge in [0.2, 0.25) is 5.91 Å². The molecular weight excluding hydrogens is 150 g/mol. The standard InChI is InChI=1S/C10H21NO/c1-7(2)6-10(12)11-9(5)8(3)4/h7-9H,6H2,1-5H3,(H,11,12)/t9-/m1/s1. The molecule has 0 aliphatic heterocycles. The van der Waals surface area contributed by atoms with Crippen molar-refractivity contribution in [1.82, 2.24) is 5.32 Å². The van der Waals surface area contributed by atoms with Crippen molar-refractivity contribution in [2.45, 2.75) is 47.1 Å². The number of amides is 1. The molecule has 0 aliphatic rings. The molecule has 0 radical (unpaired) electrons. The molecule has 1 atom stereocenters. The van der Waals surface area contributed by atoms with Crippen LogP contribution in [0.15, 0.2) is 0 Å². The van der Waals surface area contributed by atoms with Crippen LogP contribution < -0.4 is 5.32 Å². The molecule has 1 N–H and O–H groups in total. The first-order chi connectivity index (χ1) is 5.43. The number of carbonyl (C=O) groups is 1. The Kier molecular flexibility index (Phi) is 4.95. The third-order valence-corrected chi connectivity index (χ3v) is 1.98. The molecule has 0 saturated heterocycles. The summed E-state index contributed by atoms with van der Waals surface area (Å²) in [5, 5.41) is 2.97. The minimum Gasteiger partial charge on any atom is -0.353 e. The van der Waals surface area contributed by atoms with Gasteiger partial charge in [0.25, 0.3) is 0 Å². The van der Waals surface area contributed by atoms with Crippen LogP contribution in [0.2, 0.25) is 0 Å². The van der Waals surface area contributed by atoms with Crippen LogP contribution in [-0.4, -0.2) is 11.9 Å². The molecule has 0 aliphatic carbocycles. The van der Waals surface area contributed by atoms with Crippen molar-refractivity contribution in [3.05, 3.63) is 0 Å². The van der Waals surface area contributed by atoms with Gasteiger partial charge in [-0.25, -0.2) is 0 Å². The fourth-order valence-corrected chi connectivity index (χ4v) is 0.850. The van der Waals surface area contributed by atoms with Crippen LogP contribution in [0.1, 0.15) is 41.0 Å². The molecule has 12 heavy (non-hydrogen) atoms. The normalized spacial score (nSPS) is 13.6. The molecule has 0 aromatic carbocycles. The van der Waals surface area contributed by atoms with Gasteiger partial charge in [0.05, 0.1) is 0 Å². The maximum Gasteiger partial charge on any atom is 0.220 e. The van der Waals surface area contributed by atoms with Crippen LogP contribution >= 0.6 is 0 Å². The van der Waals surface area contributed by atoms with Gasteiger partial charge in [-0.2, -0.15) is 0 Å². The molecule has 0 aromatic rings. The zero-order valence-electron chi connectivity index (χ0n) is 8.85. The summed E-state index contributed by atoms with van der Waals surface area (Å²) < 4.78 is 0. The van der Waals surface area contributed by atoms with E-state index in [1.54, 1.807) is 0 Å². The molecule has 0 rings (SSSR count). The molecule has 0 spiro atoms. The second-order valence-corrected chi connectivity index (χ2v) is 4.20. The molecule has 0 heterocycles. The Morgan fingerprint density at radius 2 is 1.67 bits per heavy atom. The monoisotopic (exact) mass is 171 g/mol. The highest BCUT2D eigenvalue weighted by molar-refractivity contribution is 5.76. The molecule has 0 aromatic heterocycles. The highest BCUT2D eigenvalue weighted by atomic mass is 16.1. The molecule has 0 bridgehead atoms. The number of hydrogen-bond acceptors (Lipinski definition) is 1. The summed E-state index contributed by atoms with van der Waals surface area (Å²) in [5.74, 6) is 1.14. The van der Waals surface area contributed by atoms with E-state index in [4.69, 9.17) is 0 Å². The highest BCUT2D eigenvalue weighted by Crippen LogP contribution is 2.03. The molecule has 0 saturated carbocycles. The predicted octanol–water partition coefficient (Wildman–Crippen LogP) is 2.19. The van der Waals surface area contributed by atoms with Gasteiger partial charge in [0.1, 0.15) is 0 Å². The lowest BCUT2D eigenvalue weighted by Crippen LogP contribution is -2.36.